The zero-order valence-corrected chi connectivity index (χ0v) is 10.8. The van der Waals surface area contributed by atoms with E-state index in [0.717, 1.165) is 31.6 Å². The van der Waals surface area contributed by atoms with Gasteiger partial charge >= 0.3 is 0 Å². The van der Waals surface area contributed by atoms with E-state index in [0.29, 0.717) is 12.2 Å². The minimum absolute atomic E-state index is 0.0502. The summed E-state index contributed by atoms with van der Waals surface area (Å²) in [7, 11) is 0. The van der Waals surface area contributed by atoms with Gasteiger partial charge in [-0.3, -0.25) is 10.1 Å². The summed E-state index contributed by atoms with van der Waals surface area (Å²) in [6.07, 6.45) is 3.58. The fourth-order valence-corrected chi connectivity index (χ4v) is 2.36. The van der Waals surface area contributed by atoms with E-state index in [2.05, 4.69) is 10.2 Å². The van der Waals surface area contributed by atoms with Gasteiger partial charge in [-0.15, -0.1) is 0 Å². The molecule has 2 rings (SSSR count). The third-order valence-electron chi connectivity index (χ3n) is 3.33. The van der Waals surface area contributed by atoms with Crippen molar-refractivity contribution >= 4 is 17.1 Å². The summed E-state index contributed by atoms with van der Waals surface area (Å²) < 4.78 is 0. The molecule has 104 valence electrons. The standard InChI is InChI=1S/C13H19N3O3/c17-9-6-14-12-10-11(4-5-13(12)16(18)19)15-7-2-1-3-8-15/h4-5,10,14,17H,1-3,6-9H2. The molecule has 1 saturated heterocycles. The second-order valence-electron chi connectivity index (χ2n) is 4.66. The molecule has 0 amide bonds. The number of rotatable bonds is 5. The van der Waals surface area contributed by atoms with Crippen molar-refractivity contribution in [3.63, 3.8) is 0 Å². The van der Waals surface area contributed by atoms with Crippen LogP contribution in [0, 0.1) is 10.1 Å². The number of aliphatic hydroxyl groups is 1. The van der Waals surface area contributed by atoms with E-state index in [-0.39, 0.29) is 12.3 Å². The van der Waals surface area contributed by atoms with Crippen LogP contribution in [-0.4, -0.2) is 36.3 Å². The molecule has 1 aromatic rings. The van der Waals surface area contributed by atoms with Crippen LogP contribution in [0.25, 0.3) is 0 Å². The predicted molar refractivity (Wildman–Crippen MR) is 74.7 cm³/mol. The van der Waals surface area contributed by atoms with Crippen LogP contribution < -0.4 is 10.2 Å². The summed E-state index contributed by atoms with van der Waals surface area (Å²) in [6, 6.07) is 5.14. The van der Waals surface area contributed by atoms with Crippen molar-refractivity contribution in [1.82, 2.24) is 0 Å². The highest BCUT2D eigenvalue weighted by Gasteiger charge is 2.17. The predicted octanol–water partition coefficient (Wildman–Crippen LogP) is 1.99. The summed E-state index contributed by atoms with van der Waals surface area (Å²) in [5, 5.41) is 22.7. The third-order valence-corrected chi connectivity index (χ3v) is 3.33. The lowest BCUT2D eigenvalue weighted by molar-refractivity contribution is -0.383. The van der Waals surface area contributed by atoms with Gasteiger partial charge in [-0.05, 0) is 31.4 Å². The van der Waals surface area contributed by atoms with Crippen LogP contribution in [0.1, 0.15) is 19.3 Å². The highest BCUT2D eigenvalue weighted by Crippen LogP contribution is 2.30. The Morgan fingerprint density at radius 2 is 2.05 bits per heavy atom. The smallest absolute Gasteiger partial charge is 0.292 e. The number of nitrogens with one attached hydrogen (secondary N) is 1. The molecule has 0 bridgehead atoms. The van der Waals surface area contributed by atoms with Crippen molar-refractivity contribution in [3.8, 4) is 0 Å². The van der Waals surface area contributed by atoms with Gasteiger partial charge in [0.2, 0.25) is 0 Å². The zero-order chi connectivity index (χ0) is 13.7. The Labute approximate surface area is 112 Å². The molecule has 1 aromatic carbocycles. The van der Waals surface area contributed by atoms with Crippen LogP contribution in [0.3, 0.4) is 0 Å². The number of nitro benzene ring substituents is 1. The monoisotopic (exact) mass is 265 g/mol. The molecule has 1 fully saturated rings. The van der Waals surface area contributed by atoms with Gasteiger partial charge in [0.15, 0.2) is 0 Å². The first-order chi connectivity index (χ1) is 9.22. The Kier molecular flexibility index (Phi) is 4.57. The quantitative estimate of drug-likeness (QED) is 0.628. The van der Waals surface area contributed by atoms with Crippen LogP contribution in [0.5, 0.6) is 0 Å². The van der Waals surface area contributed by atoms with E-state index in [4.69, 9.17) is 5.11 Å². The first-order valence-corrected chi connectivity index (χ1v) is 6.60. The summed E-state index contributed by atoms with van der Waals surface area (Å²) in [4.78, 5) is 12.8. The van der Waals surface area contributed by atoms with Gasteiger partial charge < -0.3 is 15.3 Å². The highest BCUT2D eigenvalue weighted by molar-refractivity contribution is 5.69. The van der Waals surface area contributed by atoms with Crippen molar-refractivity contribution in [1.29, 1.82) is 0 Å². The average Bonchev–Trinajstić information content (AvgIpc) is 2.45. The summed E-state index contributed by atoms with van der Waals surface area (Å²) in [5.41, 5.74) is 1.53. The molecule has 1 aliphatic rings. The number of piperidine rings is 1. The maximum atomic E-state index is 11.0. The molecule has 0 aromatic heterocycles. The van der Waals surface area contributed by atoms with Crippen LogP contribution in [-0.2, 0) is 0 Å². The van der Waals surface area contributed by atoms with Gasteiger partial charge in [0.25, 0.3) is 5.69 Å². The molecule has 1 aliphatic heterocycles. The normalized spacial score (nSPS) is 15.3. The van der Waals surface area contributed by atoms with Crippen molar-refractivity contribution in [3.05, 3.63) is 28.3 Å². The Morgan fingerprint density at radius 1 is 1.32 bits per heavy atom. The molecule has 6 nitrogen and oxygen atoms in total. The Hall–Kier alpha value is -1.82. The van der Waals surface area contributed by atoms with E-state index < -0.39 is 4.92 Å². The second-order valence-corrected chi connectivity index (χ2v) is 4.66. The Bertz CT molecular complexity index is 445. The molecule has 2 N–H and O–H groups in total. The van der Waals surface area contributed by atoms with Crippen molar-refractivity contribution in [2.75, 3.05) is 36.5 Å². The molecule has 0 unspecified atom stereocenters. The largest absolute Gasteiger partial charge is 0.395 e. The molecule has 0 radical (unpaired) electrons. The zero-order valence-electron chi connectivity index (χ0n) is 10.8. The first-order valence-electron chi connectivity index (χ1n) is 6.60. The third kappa shape index (κ3) is 3.35. The van der Waals surface area contributed by atoms with E-state index in [1.54, 1.807) is 12.1 Å². The lowest BCUT2D eigenvalue weighted by atomic mass is 10.1. The molecular formula is C13H19N3O3. The molecule has 6 heteroatoms. The molecular weight excluding hydrogens is 246 g/mol. The van der Waals surface area contributed by atoms with Crippen LogP contribution in [0.4, 0.5) is 17.1 Å². The van der Waals surface area contributed by atoms with Crippen LogP contribution in [0.2, 0.25) is 0 Å². The molecule has 0 saturated carbocycles. The van der Waals surface area contributed by atoms with Crippen molar-refractivity contribution in [2.24, 2.45) is 0 Å². The number of nitro groups is 1. The minimum atomic E-state index is -0.403. The van der Waals surface area contributed by atoms with Gasteiger partial charge in [0.1, 0.15) is 5.69 Å². The highest BCUT2D eigenvalue weighted by atomic mass is 16.6. The van der Waals surface area contributed by atoms with Crippen molar-refractivity contribution in [2.45, 2.75) is 19.3 Å². The maximum Gasteiger partial charge on any atom is 0.292 e. The first kappa shape index (κ1) is 13.6. The van der Waals surface area contributed by atoms with Gasteiger partial charge in [0.05, 0.1) is 11.5 Å². The lowest BCUT2D eigenvalue weighted by Crippen LogP contribution is -2.29. The fourth-order valence-electron chi connectivity index (χ4n) is 2.36. The molecule has 1 heterocycles. The Balaban J connectivity index is 2.23. The Morgan fingerprint density at radius 3 is 2.68 bits per heavy atom. The van der Waals surface area contributed by atoms with Crippen LogP contribution >= 0.6 is 0 Å². The maximum absolute atomic E-state index is 11.0. The minimum Gasteiger partial charge on any atom is -0.395 e. The molecule has 19 heavy (non-hydrogen) atoms. The molecule has 0 aliphatic carbocycles. The topological polar surface area (TPSA) is 78.6 Å². The van der Waals surface area contributed by atoms with Crippen LogP contribution in [0.15, 0.2) is 18.2 Å². The molecule has 0 atom stereocenters. The van der Waals surface area contributed by atoms with Gasteiger partial charge in [-0.25, -0.2) is 0 Å². The van der Waals surface area contributed by atoms with E-state index in [1.165, 1.54) is 12.5 Å². The lowest BCUT2D eigenvalue weighted by Gasteiger charge is -2.29. The van der Waals surface area contributed by atoms with Gasteiger partial charge in [0, 0.05) is 31.4 Å². The number of hydrogen-bond acceptors (Lipinski definition) is 5. The molecule has 0 spiro atoms. The van der Waals surface area contributed by atoms with Gasteiger partial charge in [-0.1, -0.05) is 0 Å². The second kappa shape index (κ2) is 6.38. The fraction of sp³-hybridized carbons (Fsp3) is 0.538. The van der Waals surface area contributed by atoms with E-state index in [9.17, 15) is 10.1 Å². The number of anilines is 2. The van der Waals surface area contributed by atoms with Gasteiger partial charge in [-0.2, -0.15) is 0 Å². The SMILES string of the molecule is O=[N+]([O-])c1ccc(N2CCCCC2)cc1NCCO. The summed E-state index contributed by atoms with van der Waals surface area (Å²) in [6.45, 7) is 2.25. The summed E-state index contributed by atoms with van der Waals surface area (Å²) in [5.74, 6) is 0. The van der Waals surface area contributed by atoms with Crippen molar-refractivity contribution < 1.29 is 10.0 Å². The van der Waals surface area contributed by atoms with E-state index >= 15 is 0 Å². The number of hydrogen-bond donors (Lipinski definition) is 2. The summed E-state index contributed by atoms with van der Waals surface area (Å²) >= 11 is 0. The van der Waals surface area contributed by atoms with E-state index in [1.807, 2.05) is 0 Å². The average molecular weight is 265 g/mol. The number of nitrogens with zero attached hydrogens (tertiary/aromatic N) is 2. The number of aliphatic hydroxyl groups excluding tert-OH is 1. The number of benzene rings is 1.